The fourth-order valence-electron chi connectivity index (χ4n) is 1.22. The number of benzene rings is 1. The third kappa shape index (κ3) is 3.30. The van der Waals surface area contributed by atoms with E-state index in [2.05, 4.69) is 0 Å². The Hall–Kier alpha value is -1.46. The lowest BCUT2D eigenvalue weighted by Gasteiger charge is -2.15. The van der Waals surface area contributed by atoms with E-state index < -0.39 is 18.1 Å². The molecule has 0 bridgehead atoms. The van der Waals surface area contributed by atoms with Crippen molar-refractivity contribution in [3.8, 4) is 0 Å². The maximum Gasteiger partial charge on any atom is 0.247 e. The Balaban J connectivity index is 2.62. The van der Waals surface area contributed by atoms with Gasteiger partial charge in [-0.05, 0) is 24.1 Å². The lowest BCUT2D eigenvalue weighted by Crippen LogP contribution is -2.45. The van der Waals surface area contributed by atoms with Crippen LogP contribution in [-0.2, 0) is 11.2 Å². The van der Waals surface area contributed by atoms with Crippen LogP contribution >= 0.6 is 0 Å². The molecule has 1 unspecified atom stereocenters. The summed E-state index contributed by atoms with van der Waals surface area (Å²) < 4.78 is 12.6. The van der Waals surface area contributed by atoms with Gasteiger partial charge in [-0.1, -0.05) is 12.1 Å². The first-order chi connectivity index (χ1) is 7.00. The molecule has 0 aliphatic carbocycles. The number of halogens is 1. The van der Waals surface area contributed by atoms with Gasteiger partial charge in [-0.2, -0.15) is 0 Å². The normalized spacial score (nSPS) is 14.6. The minimum absolute atomic E-state index is 0.268. The van der Waals surface area contributed by atoms with Crippen molar-refractivity contribution in [3.05, 3.63) is 35.6 Å². The van der Waals surface area contributed by atoms with Crippen LogP contribution in [0.1, 0.15) is 5.56 Å². The molecule has 0 saturated carbocycles. The molecule has 1 aromatic rings. The monoisotopic (exact) mass is 212 g/mol. The molecule has 4 nitrogen and oxygen atoms in total. The topological polar surface area (TPSA) is 89.3 Å². The van der Waals surface area contributed by atoms with Gasteiger partial charge in [-0.25, -0.2) is 4.39 Å². The number of carbonyl (C=O) groups excluding carboxylic acids is 1. The zero-order chi connectivity index (χ0) is 11.4. The maximum absolute atomic E-state index is 12.6. The molecule has 0 heterocycles. The number of hydrogen-bond donors (Lipinski definition) is 3. The second-order valence-electron chi connectivity index (χ2n) is 3.34. The summed E-state index contributed by atoms with van der Waals surface area (Å²) in [6, 6.07) is 4.90. The van der Waals surface area contributed by atoms with Crippen molar-refractivity contribution in [3.63, 3.8) is 0 Å². The van der Waals surface area contributed by atoms with E-state index in [0.29, 0.717) is 0 Å². The molecule has 0 aromatic heterocycles. The molecular formula is C10H13FN2O2. The van der Waals surface area contributed by atoms with E-state index in [9.17, 15) is 14.3 Å². The zero-order valence-corrected chi connectivity index (χ0v) is 8.06. The molecule has 5 N–H and O–H groups in total. The number of amides is 1. The third-order valence-electron chi connectivity index (χ3n) is 2.08. The Kier molecular flexibility index (Phi) is 3.76. The van der Waals surface area contributed by atoms with E-state index >= 15 is 0 Å². The lowest BCUT2D eigenvalue weighted by atomic mass is 10.0. The Morgan fingerprint density at radius 1 is 1.40 bits per heavy atom. The third-order valence-corrected chi connectivity index (χ3v) is 2.08. The molecule has 0 aliphatic heterocycles. The highest BCUT2D eigenvalue weighted by atomic mass is 19.1. The van der Waals surface area contributed by atoms with Crippen LogP contribution in [0.2, 0.25) is 0 Å². The summed E-state index contributed by atoms with van der Waals surface area (Å²) in [5, 5.41) is 9.24. The number of rotatable bonds is 4. The van der Waals surface area contributed by atoms with Gasteiger partial charge in [0.25, 0.3) is 0 Å². The van der Waals surface area contributed by atoms with Crippen LogP contribution in [0.3, 0.4) is 0 Å². The molecule has 15 heavy (non-hydrogen) atoms. The Morgan fingerprint density at radius 3 is 2.40 bits per heavy atom. The first kappa shape index (κ1) is 11.6. The van der Waals surface area contributed by atoms with Gasteiger partial charge < -0.3 is 16.6 Å². The van der Waals surface area contributed by atoms with Crippen molar-refractivity contribution < 1.29 is 14.3 Å². The van der Waals surface area contributed by atoms with E-state index in [1.165, 1.54) is 12.1 Å². The number of carbonyl (C=O) groups is 1. The highest BCUT2D eigenvalue weighted by molar-refractivity contribution is 5.79. The Bertz CT molecular complexity index is 340. The second-order valence-corrected chi connectivity index (χ2v) is 3.34. The zero-order valence-electron chi connectivity index (χ0n) is 8.06. The number of aliphatic hydroxyl groups is 1. The van der Waals surface area contributed by atoms with Gasteiger partial charge >= 0.3 is 0 Å². The van der Waals surface area contributed by atoms with E-state index in [0.717, 1.165) is 5.56 Å². The maximum atomic E-state index is 12.6. The van der Waals surface area contributed by atoms with Crippen LogP contribution in [0, 0.1) is 5.82 Å². The number of aliphatic hydroxyl groups excluding tert-OH is 1. The fourth-order valence-corrected chi connectivity index (χ4v) is 1.22. The Labute approximate surface area is 86.7 Å². The summed E-state index contributed by atoms with van der Waals surface area (Å²) in [6.07, 6.45) is -1.11. The molecule has 0 fully saturated rings. The van der Waals surface area contributed by atoms with Crippen LogP contribution in [-0.4, -0.2) is 23.2 Å². The van der Waals surface area contributed by atoms with Gasteiger partial charge in [-0.3, -0.25) is 4.79 Å². The standard InChI is InChI=1S/C10H13FN2O2/c11-7-3-1-6(2-4-7)5-8(12)9(14)10(13)15/h1-4,8-9,14H,5,12H2,(H2,13,15)/t8-,9?/m0/s1. The number of primary amides is 1. The van der Waals surface area contributed by atoms with Gasteiger partial charge in [0.05, 0.1) is 0 Å². The first-order valence-electron chi connectivity index (χ1n) is 4.48. The molecular weight excluding hydrogens is 199 g/mol. The van der Waals surface area contributed by atoms with Gasteiger partial charge in [0.2, 0.25) is 5.91 Å². The predicted octanol–water partition coefficient (Wildman–Crippen LogP) is -0.458. The van der Waals surface area contributed by atoms with Gasteiger partial charge in [0.15, 0.2) is 0 Å². The van der Waals surface area contributed by atoms with E-state index in [1.54, 1.807) is 12.1 Å². The highest BCUT2D eigenvalue weighted by Crippen LogP contribution is 2.06. The first-order valence-corrected chi connectivity index (χ1v) is 4.48. The van der Waals surface area contributed by atoms with Crippen molar-refractivity contribution >= 4 is 5.91 Å². The van der Waals surface area contributed by atoms with Crippen LogP contribution in [0.15, 0.2) is 24.3 Å². The molecule has 0 spiro atoms. The van der Waals surface area contributed by atoms with Crippen molar-refractivity contribution in [1.82, 2.24) is 0 Å². The van der Waals surface area contributed by atoms with Gasteiger partial charge in [0, 0.05) is 6.04 Å². The lowest BCUT2D eigenvalue weighted by molar-refractivity contribution is -0.126. The molecule has 2 atom stereocenters. The van der Waals surface area contributed by atoms with Crippen LogP contribution in [0.25, 0.3) is 0 Å². The molecule has 1 aromatic carbocycles. The molecule has 82 valence electrons. The van der Waals surface area contributed by atoms with Crippen molar-refractivity contribution in [2.45, 2.75) is 18.6 Å². The smallest absolute Gasteiger partial charge is 0.247 e. The van der Waals surface area contributed by atoms with E-state index in [1.807, 2.05) is 0 Å². The minimum Gasteiger partial charge on any atom is -0.382 e. The van der Waals surface area contributed by atoms with Crippen LogP contribution in [0.4, 0.5) is 4.39 Å². The van der Waals surface area contributed by atoms with Crippen molar-refractivity contribution in [1.29, 1.82) is 0 Å². The molecule has 1 amide bonds. The average molecular weight is 212 g/mol. The van der Waals surface area contributed by atoms with Crippen molar-refractivity contribution in [2.75, 3.05) is 0 Å². The van der Waals surface area contributed by atoms with E-state index in [-0.39, 0.29) is 12.2 Å². The van der Waals surface area contributed by atoms with Gasteiger partial charge in [0.1, 0.15) is 11.9 Å². The van der Waals surface area contributed by atoms with Gasteiger partial charge in [-0.15, -0.1) is 0 Å². The Morgan fingerprint density at radius 2 is 1.93 bits per heavy atom. The number of hydrogen-bond acceptors (Lipinski definition) is 3. The summed E-state index contributed by atoms with van der Waals surface area (Å²) >= 11 is 0. The summed E-state index contributed by atoms with van der Waals surface area (Å²) in [5.74, 6) is -1.20. The summed E-state index contributed by atoms with van der Waals surface area (Å²) in [4.78, 5) is 10.6. The van der Waals surface area contributed by atoms with Crippen LogP contribution < -0.4 is 11.5 Å². The fraction of sp³-hybridized carbons (Fsp3) is 0.300. The second kappa shape index (κ2) is 4.86. The van der Waals surface area contributed by atoms with E-state index in [4.69, 9.17) is 11.5 Å². The van der Waals surface area contributed by atoms with Crippen molar-refractivity contribution in [2.24, 2.45) is 11.5 Å². The quantitative estimate of drug-likeness (QED) is 0.631. The van der Waals surface area contributed by atoms with Crippen LogP contribution in [0.5, 0.6) is 0 Å². The SMILES string of the molecule is NC(=O)C(O)[C@@H](N)Cc1ccc(F)cc1. The molecule has 5 heteroatoms. The number of nitrogens with two attached hydrogens (primary N) is 2. The molecule has 1 rings (SSSR count). The largest absolute Gasteiger partial charge is 0.382 e. The summed E-state index contributed by atoms with van der Waals surface area (Å²) in [7, 11) is 0. The highest BCUT2D eigenvalue weighted by Gasteiger charge is 2.20. The molecule has 0 aliphatic rings. The summed E-state index contributed by atoms with van der Waals surface area (Å²) in [5.41, 5.74) is 11.2. The summed E-state index contributed by atoms with van der Waals surface area (Å²) in [6.45, 7) is 0. The minimum atomic E-state index is -1.38. The predicted molar refractivity (Wildman–Crippen MR) is 53.3 cm³/mol. The molecule has 0 radical (unpaired) electrons. The average Bonchev–Trinajstić information content (AvgIpc) is 2.20. The molecule has 0 saturated heterocycles.